The number of nitrogen functional groups attached to an aromatic ring is 1. The number of fused-ring (bicyclic) bond motifs is 2. The third kappa shape index (κ3) is 3.19. The van der Waals surface area contributed by atoms with Gasteiger partial charge >= 0.3 is 0 Å². The molecule has 1 aliphatic rings. The second-order valence-electron chi connectivity index (χ2n) is 7.87. The predicted octanol–water partition coefficient (Wildman–Crippen LogP) is 2.58. The average molecular weight is 425 g/mol. The predicted molar refractivity (Wildman–Crippen MR) is 119 cm³/mol. The van der Waals surface area contributed by atoms with Crippen molar-refractivity contribution in [2.24, 2.45) is 5.92 Å². The van der Waals surface area contributed by atoms with Gasteiger partial charge in [0.15, 0.2) is 5.13 Å². The van der Waals surface area contributed by atoms with Crippen molar-refractivity contribution in [1.82, 2.24) is 19.5 Å². The first-order valence-corrected chi connectivity index (χ1v) is 10.9. The van der Waals surface area contributed by atoms with Crippen molar-refractivity contribution in [2.75, 3.05) is 18.1 Å². The summed E-state index contributed by atoms with van der Waals surface area (Å²) in [6.45, 7) is 0. The Morgan fingerprint density at radius 2 is 2.10 bits per heavy atom. The van der Waals surface area contributed by atoms with Crippen molar-refractivity contribution >= 4 is 43.5 Å². The van der Waals surface area contributed by atoms with Crippen LogP contribution in [0.15, 0.2) is 36.8 Å². The Balaban J connectivity index is 1.33. The minimum atomic E-state index is -0.846. The number of aromatic nitrogens is 4. The van der Waals surface area contributed by atoms with Gasteiger partial charge in [-0.2, -0.15) is 0 Å². The van der Waals surface area contributed by atoms with Gasteiger partial charge in [-0.3, -0.25) is 0 Å². The first-order valence-electron chi connectivity index (χ1n) is 10.1. The van der Waals surface area contributed by atoms with Crippen LogP contribution >= 0.6 is 11.3 Å². The number of thiazole rings is 1. The molecule has 1 aliphatic carbocycles. The molecule has 1 saturated carbocycles. The van der Waals surface area contributed by atoms with Crippen LogP contribution in [0.5, 0.6) is 0 Å². The van der Waals surface area contributed by atoms with E-state index < -0.39 is 12.2 Å². The summed E-state index contributed by atoms with van der Waals surface area (Å²) in [7, 11) is 1.87. The number of hydrogen-bond donors (Lipinski definition) is 4. The zero-order valence-corrected chi connectivity index (χ0v) is 17.4. The molecule has 0 saturated heterocycles. The first-order chi connectivity index (χ1) is 14.5. The monoisotopic (exact) mass is 424 g/mol. The van der Waals surface area contributed by atoms with Gasteiger partial charge in [-0.25, -0.2) is 15.0 Å². The molecule has 8 nitrogen and oxygen atoms in total. The molecule has 4 atom stereocenters. The van der Waals surface area contributed by atoms with Crippen molar-refractivity contribution in [1.29, 1.82) is 0 Å². The number of benzene rings is 1. The minimum Gasteiger partial charge on any atom is -0.390 e. The molecule has 3 heterocycles. The van der Waals surface area contributed by atoms with E-state index in [1.165, 1.54) is 11.9 Å². The van der Waals surface area contributed by atoms with Gasteiger partial charge in [0.1, 0.15) is 23.9 Å². The fourth-order valence-electron chi connectivity index (χ4n) is 4.51. The summed E-state index contributed by atoms with van der Waals surface area (Å²) in [4.78, 5) is 12.9. The highest BCUT2D eigenvalue weighted by atomic mass is 32.1. The highest BCUT2D eigenvalue weighted by Crippen LogP contribution is 2.39. The molecule has 0 aliphatic heterocycles. The molecule has 0 unspecified atom stereocenters. The second kappa shape index (κ2) is 7.50. The highest BCUT2D eigenvalue weighted by molar-refractivity contribution is 7.22. The molecule has 30 heavy (non-hydrogen) atoms. The van der Waals surface area contributed by atoms with E-state index in [1.54, 1.807) is 11.3 Å². The largest absolute Gasteiger partial charge is 0.390 e. The number of anilines is 2. The van der Waals surface area contributed by atoms with Crippen LogP contribution < -0.4 is 11.1 Å². The Hall–Kier alpha value is -2.75. The molecule has 5 N–H and O–H groups in total. The fourth-order valence-corrected chi connectivity index (χ4v) is 5.31. The summed E-state index contributed by atoms with van der Waals surface area (Å²) in [6.07, 6.45) is 3.97. The molecule has 3 aromatic heterocycles. The van der Waals surface area contributed by atoms with E-state index in [0.29, 0.717) is 17.9 Å². The van der Waals surface area contributed by atoms with Crippen LogP contribution in [0, 0.1) is 5.92 Å². The van der Waals surface area contributed by atoms with Crippen molar-refractivity contribution < 1.29 is 10.2 Å². The summed E-state index contributed by atoms with van der Waals surface area (Å²) >= 11 is 1.63. The van der Waals surface area contributed by atoms with E-state index in [4.69, 9.17) is 5.73 Å². The summed E-state index contributed by atoms with van der Waals surface area (Å²) in [5, 5.41) is 26.2. The molecule has 0 radical (unpaired) electrons. The van der Waals surface area contributed by atoms with Crippen LogP contribution in [0.1, 0.15) is 24.4 Å². The number of hydrogen-bond acceptors (Lipinski definition) is 8. The van der Waals surface area contributed by atoms with E-state index in [1.807, 2.05) is 23.9 Å². The quantitative estimate of drug-likeness (QED) is 0.388. The van der Waals surface area contributed by atoms with Crippen LogP contribution in [-0.4, -0.2) is 49.0 Å². The molecular weight excluding hydrogens is 400 g/mol. The molecule has 0 bridgehead atoms. The lowest BCUT2D eigenvalue weighted by Crippen LogP contribution is -2.29. The van der Waals surface area contributed by atoms with Gasteiger partial charge in [-0.1, -0.05) is 17.4 Å². The third-order valence-electron chi connectivity index (χ3n) is 6.14. The maximum absolute atomic E-state index is 10.7. The number of nitrogens with two attached hydrogens (primary N) is 1. The molecular formula is C21H24N6O2S. The Morgan fingerprint density at radius 1 is 1.23 bits per heavy atom. The lowest BCUT2D eigenvalue weighted by molar-refractivity contribution is 0.00545. The van der Waals surface area contributed by atoms with Crippen LogP contribution in [-0.2, 0) is 6.42 Å². The molecule has 1 fully saturated rings. The average Bonchev–Trinajstić information content (AvgIpc) is 3.43. The highest BCUT2D eigenvalue weighted by Gasteiger charge is 2.42. The maximum Gasteiger partial charge on any atom is 0.183 e. The lowest BCUT2D eigenvalue weighted by Gasteiger charge is -2.19. The van der Waals surface area contributed by atoms with Crippen LogP contribution in [0.4, 0.5) is 10.9 Å². The number of nitrogens with one attached hydrogen (secondary N) is 1. The number of nitrogens with zero attached hydrogens (tertiary/aromatic N) is 4. The van der Waals surface area contributed by atoms with Gasteiger partial charge in [0.2, 0.25) is 0 Å². The summed E-state index contributed by atoms with van der Waals surface area (Å²) in [6, 6.07) is 7.95. The van der Waals surface area contributed by atoms with Crippen molar-refractivity contribution in [3.05, 3.63) is 42.4 Å². The van der Waals surface area contributed by atoms with E-state index in [-0.39, 0.29) is 12.0 Å². The molecule has 156 valence electrons. The minimum absolute atomic E-state index is 0.000587. The fraction of sp³-hybridized carbons (Fsp3) is 0.381. The zero-order chi connectivity index (χ0) is 20.8. The second-order valence-corrected chi connectivity index (χ2v) is 8.90. The zero-order valence-electron chi connectivity index (χ0n) is 16.6. The molecule has 0 spiro atoms. The van der Waals surface area contributed by atoms with Gasteiger partial charge < -0.3 is 25.8 Å². The topological polar surface area (TPSA) is 122 Å². The molecule has 0 amide bonds. The molecule has 9 heteroatoms. The number of rotatable bonds is 5. The van der Waals surface area contributed by atoms with E-state index in [9.17, 15) is 10.2 Å². The van der Waals surface area contributed by atoms with Crippen LogP contribution in [0.3, 0.4) is 0 Å². The van der Waals surface area contributed by atoms with E-state index >= 15 is 0 Å². The van der Waals surface area contributed by atoms with Crippen LogP contribution in [0.25, 0.3) is 21.3 Å². The van der Waals surface area contributed by atoms with Gasteiger partial charge in [-0.15, -0.1) is 0 Å². The Labute approximate surface area is 177 Å². The molecule has 1 aromatic carbocycles. The summed E-state index contributed by atoms with van der Waals surface area (Å²) < 4.78 is 3.07. The van der Waals surface area contributed by atoms with Crippen molar-refractivity contribution in [3.8, 4) is 0 Å². The molecule has 5 rings (SSSR count). The van der Waals surface area contributed by atoms with Gasteiger partial charge in [0.05, 0.1) is 27.7 Å². The van der Waals surface area contributed by atoms with Gasteiger partial charge in [0, 0.05) is 13.2 Å². The molecule has 4 aromatic rings. The maximum atomic E-state index is 10.7. The Bertz CT molecular complexity index is 1200. The SMILES string of the molecule is CNc1nc2cc(CC[C@H]3C[C@@H](n4ccc5c(N)ncnc54)[C@H](O)[C@@H]3O)ccc2s1. The summed E-state index contributed by atoms with van der Waals surface area (Å²) in [5.41, 5.74) is 8.80. The van der Waals surface area contributed by atoms with Crippen molar-refractivity contribution in [2.45, 2.75) is 37.5 Å². The first kappa shape index (κ1) is 19.2. The van der Waals surface area contributed by atoms with Crippen LogP contribution in [0.2, 0.25) is 0 Å². The number of aryl methyl sites for hydroxylation is 1. The van der Waals surface area contributed by atoms with E-state index in [2.05, 4.69) is 38.5 Å². The smallest absolute Gasteiger partial charge is 0.183 e. The Kier molecular flexibility index (Phi) is 4.80. The normalized spacial score (nSPS) is 24.1. The third-order valence-corrected chi connectivity index (χ3v) is 7.19. The standard InChI is InChI=1S/C21H24N6O2S/c1-23-21-26-14-8-11(3-5-16(14)30-21)2-4-12-9-15(18(29)17(12)28)27-7-6-13-19(22)24-10-25-20(13)27/h3,5-8,10,12,15,17-18,28-29H,2,4,9H2,1H3,(H,23,26)(H2,22,24,25)/t12-,15+,17+,18-/m0/s1. The van der Waals surface area contributed by atoms with Crippen molar-refractivity contribution in [3.63, 3.8) is 0 Å². The number of aliphatic hydroxyl groups excluding tert-OH is 2. The lowest BCUT2D eigenvalue weighted by atomic mass is 9.96. The number of aliphatic hydroxyl groups is 2. The Morgan fingerprint density at radius 3 is 2.93 bits per heavy atom. The summed E-state index contributed by atoms with van der Waals surface area (Å²) in [5.74, 6) is 0.419. The van der Waals surface area contributed by atoms with E-state index in [0.717, 1.165) is 33.6 Å². The van der Waals surface area contributed by atoms with Gasteiger partial charge in [0.25, 0.3) is 0 Å². The van der Waals surface area contributed by atoms with Gasteiger partial charge in [-0.05, 0) is 48.9 Å².